The van der Waals surface area contributed by atoms with E-state index in [0.717, 1.165) is 24.5 Å². The summed E-state index contributed by atoms with van der Waals surface area (Å²) in [5.41, 5.74) is 1.08. The molecule has 0 radical (unpaired) electrons. The van der Waals surface area contributed by atoms with E-state index < -0.39 is 5.82 Å². The first-order valence-electron chi connectivity index (χ1n) is 8.97. The quantitative estimate of drug-likeness (QED) is 0.849. The van der Waals surface area contributed by atoms with Crippen molar-refractivity contribution in [1.29, 1.82) is 0 Å². The summed E-state index contributed by atoms with van der Waals surface area (Å²) in [6.07, 6.45) is 1.98. The maximum absolute atomic E-state index is 13.8. The molecule has 3 rings (SSSR count). The standard InChI is InChI=1S/C20H23ClFN3O2/c1-13-11-25(12-14(2)27-13)19-7-6-15(9-23-19)10-24-20(26)8-16-17(21)4-3-5-18(16)22/h3-7,9,13-14H,8,10-12H2,1-2H3,(H,24,26)/t13-,14-/m0/s1. The van der Waals surface area contributed by atoms with Crippen LogP contribution >= 0.6 is 11.6 Å². The highest BCUT2D eigenvalue weighted by molar-refractivity contribution is 6.31. The number of nitrogens with zero attached hydrogens (tertiary/aromatic N) is 2. The summed E-state index contributed by atoms with van der Waals surface area (Å²) in [5.74, 6) is 0.129. The number of pyridine rings is 1. The summed E-state index contributed by atoms with van der Waals surface area (Å²) in [6.45, 7) is 6.03. The van der Waals surface area contributed by atoms with Crippen LogP contribution in [0.2, 0.25) is 5.02 Å². The highest BCUT2D eigenvalue weighted by Crippen LogP contribution is 2.20. The molecule has 0 bridgehead atoms. The monoisotopic (exact) mass is 391 g/mol. The van der Waals surface area contributed by atoms with Crippen LogP contribution in [0.1, 0.15) is 25.0 Å². The summed E-state index contributed by atoms with van der Waals surface area (Å²) in [6, 6.07) is 8.26. The Bertz CT molecular complexity index is 770. The molecule has 0 unspecified atom stereocenters. The molecule has 1 aliphatic rings. The van der Waals surface area contributed by atoms with Gasteiger partial charge in [0.25, 0.3) is 0 Å². The van der Waals surface area contributed by atoms with Gasteiger partial charge in [-0.05, 0) is 37.6 Å². The Balaban J connectivity index is 1.55. The minimum Gasteiger partial charge on any atom is -0.372 e. The van der Waals surface area contributed by atoms with Gasteiger partial charge in [0.1, 0.15) is 11.6 Å². The number of ether oxygens (including phenoxy) is 1. The molecule has 27 heavy (non-hydrogen) atoms. The zero-order chi connectivity index (χ0) is 19.4. The number of morpholine rings is 1. The fourth-order valence-corrected chi connectivity index (χ4v) is 3.43. The van der Waals surface area contributed by atoms with E-state index in [2.05, 4.69) is 15.2 Å². The number of hydrogen-bond acceptors (Lipinski definition) is 4. The third-order valence-electron chi connectivity index (χ3n) is 4.44. The molecule has 2 atom stereocenters. The number of carbonyl (C=O) groups excluding carboxylic acids is 1. The molecular weight excluding hydrogens is 369 g/mol. The van der Waals surface area contributed by atoms with Crippen LogP contribution in [-0.4, -0.2) is 36.2 Å². The first kappa shape index (κ1) is 19.6. The second kappa shape index (κ2) is 8.67. The molecular formula is C20H23ClFN3O2. The Labute approximate surface area is 163 Å². The molecule has 144 valence electrons. The number of carbonyl (C=O) groups is 1. The Morgan fingerprint density at radius 1 is 1.30 bits per heavy atom. The first-order valence-corrected chi connectivity index (χ1v) is 9.35. The van der Waals surface area contributed by atoms with Crippen molar-refractivity contribution in [3.8, 4) is 0 Å². The number of nitrogens with one attached hydrogen (secondary N) is 1. The molecule has 7 heteroatoms. The third-order valence-corrected chi connectivity index (χ3v) is 4.80. The predicted octanol–water partition coefficient (Wildman–Crippen LogP) is 3.35. The first-order chi connectivity index (χ1) is 12.9. The van der Waals surface area contributed by atoms with E-state index in [4.69, 9.17) is 16.3 Å². The molecule has 1 amide bonds. The molecule has 1 fully saturated rings. The Morgan fingerprint density at radius 3 is 2.67 bits per heavy atom. The maximum Gasteiger partial charge on any atom is 0.224 e. The summed E-state index contributed by atoms with van der Waals surface area (Å²) in [4.78, 5) is 18.8. The minimum absolute atomic E-state index is 0.0967. The van der Waals surface area contributed by atoms with Gasteiger partial charge in [-0.3, -0.25) is 4.79 Å². The van der Waals surface area contributed by atoms with Crippen LogP contribution in [0.4, 0.5) is 10.2 Å². The van der Waals surface area contributed by atoms with Gasteiger partial charge < -0.3 is 15.0 Å². The van der Waals surface area contributed by atoms with Crippen molar-refractivity contribution < 1.29 is 13.9 Å². The lowest BCUT2D eigenvalue weighted by molar-refractivity contribution is -0.120. The zero-order valence-electron chi connectivity index (χ0n) is 15.4. The van der Waals surface area contributed by atoms with E-state index in [9.17, 15) is 9.18 Å². The molecule has 1 aliphatic heterocycles. The molecule has 0 saturated carbocycles. The van der Waals surface area contributed by atoms with Crippen molar-refractivity contribution >= 4 is 23.3 Å². The highest BCUT2D eigenvalue weighted by Gasteiger charge is 2.23. The van der Waals surface area contributed by atoms with Crippen molar-refractivity contribution in [2.45, 2.75) is 39.0 Å². The van der Waals surface area contributed by atoms with Crippen LogP contribution in [0.3, 0.4) is 0 Å². The van der Waals surface area contributed by atoms with E-state index in [1.807, 2.05) is 26.0 Å². The molecule has 1 N–H and O–H groups in total. The number of rotatable bonds is 5. The summed E-state index contributed by atoms with van der Waals surface area (Å²) >= 11 is 5.96. The molecule has 1 aromatic carbocycles. The van der Waals surface area contributed by atoms with Crippen molar-refractivity contribution in [3.05, 3.63) is 58.5 Å². The normalized spacial score (nSPS) is 19.8. The van der Waals surface area contributed by atoms with Crippen molar-refractivity contribution in [1.82, 2.24) is 10.3 Å². The second-order valence-electron chi connectivity index (χ2n) is 6.84. The van der Waals surface area contributed by atoms with Crippen LogP contribution in [0.15, 0.2) is 36.5 Å². The van der Waals surface area contributed by atoms with Crippen molar-refractivity contribution in [2.24, 2.45) is 0 Å². The Morgan fingerprint density at radius 2 is 2.04 bits per heavy atom. The van der Waals surface area contributed by atoms with Gasteiger partial charge in [0.2, 0.25) is 5.91 Å². The van der Waals surface area contributed by atoms with E-state index in [1.54, 1.807) is 12.3 Å². The lowest BCUT2D eigenvalue weighted by Crippen LogP contribution is -2.45. The molecule has 0 spiro atoms. The fraction of sp³-hybridized carbons (Fsp3) is 0.400. The van der Waals surface area contributed by atoms with Gasteiger partial charge in [-0.15, -0.1) is 0 Å². The van der Waals surface area contributed by atoms with Crippen LogP contribution < -0.4 is 10.2 Å². The molecule has 1 aromatic heterocycles. The van der Waals surface area contributed by atoms with Gasteiger partial charge in [0, 0.05) is 36.4 Å². The molecule has 2 heterocycles. The van der Waals surface area contributed by atoms with Crippen LogP contribution in [0.5, 0.6) is 0 Å². The van der Waals surface area contributed by atoms with Gasteiger partial charge in [-0.2, -0.15) is 0 Å². The van der Waals surface area contributed by atoms with Gasteiger partial charge in [-0.25, -0.2) is 9.37 Å². The Kier molecular flexibility index (Phi) is 6.29. The van der Waals surface area contributed by atoms with Gasteiger partial charge in [0.15, 0.2) is 0 Å². The number of benzene rings is 1. The van der Waals surface area contributed by atoms with Crippen molar-refractivity contribution in [2.75, 3.05) is 18.0 Å². The smallest absolute Gasteiger partial charge is 0.224 e. The number of halogens is 2. The second-order valence-corrected chi connectivity index (χ2v) is 7.25. The molecule has 0 aliphatic carbocycles. The summed E-state index contributed by atoms with van der Waals surface area (Å²) in [5, 5.41) is 3.03. The summed E-state index contributed by atoms with van der Waals surface area (Å²) < 4.78 is 19.5. The predicted molar refractivity (Wildman–Crippen MR) is 103 cm³/mol. The number of amides is 1. The molecule has 2 aromatic rings. The fourth-order valence-electron chi connectivity index (χ4n) is 3.20. The minimum atomic E-state index is -0.474. The number of hydrogen-bond donors (Lipinski definition) is 1. The lowest BCUT2D eigenvalue weighted by atomic mass is 10.1. The average Bonchev–Trinajstić information content (AvgIpc) is 2.63. The third kappa shape index (κ3) is 5.17. The van der Waals surface area contributed by atoms with Crippen LogP contribution in [0.25, 0.3) is 0 Å². The number of anilines is 1. The van der Waals surface area contributed by atoms with E-state index in [-0.39, 0.29) is 35.1 Å². The van der Waals surface area contributed by atoms with E-state index >= 15 is 0 Å². The topological polar surface area (TPSA) is 54.5 Å². The molecule has 1 saturated heterocycles. The Hall–Kier alpha value is -2.18. The van der Waals surface area contributed by atoms with E-state index in [1.165, 1.54) is 12.1 Å². The SMILES string of the molecule is C[C@H]1CN(c2ccc(CNC(=O)Cc3c(F)cccc3Cl)cn2)C[C@H](C)O1. The van der Waals surface area contributed by atoms with Gasteiger partial charge in [-0.1, -0.05) is 23.7 Å². The van der Waals surface area contributed by atoms with Crippen molar-refractivity contribution in [3.63, 3.8) is 0 Å². The lowest BCUT2D eigenvalue weighted by Gasteiger charge is -2.36. The average molecular weight is 392 g/mol. The van der Waals surface area contributed by atoms with Gasteiger partial charge in [0.05, 0.1) is 18.6 Å². The van der Waals surface area contributed by atoms with Crippen LogP contribution in [0, 0.1) is 5.82 Å². The van der Waals surface area contributed by atoms with E-state index in [0.29, 0.717) is 6.54 Å². The number of aromatic nitrogens is 1. The highest BCUT2D eigenvalue weighted by atomic mass is 35.5. The van der Waals surface area contributed by atoms with Crippen LogP contribution in [-0.2, 0) is 22.5 Å². The zero-order valence-corrected chi connectivity index (χ0v) is 16.2. The summed E-state index contributed by atoms with van der Waals surface area (Å²) in [7, 11) is 0. The largest absolute Gasteiger partial charge is 0.372 e. The molecule has 5 nitrogen and oxygen atoms in total. The van der Waals surface area contributed by atoms with Gasteiger partial charge >= 0.3 is 0 Å². The maximum atomic E-state index is 13.8.